The number of hydrogen-bond donors (Lipinski definition) is 0. The van der Waals surface area contributed by atoms with E-state index in [2.05, 4.69) is 10.2 Å². The molecule has 3 rings (SSSR count). The molecule has 3 aromatic rings. The zero-order valence-electron chi connectivity index (χ0n) is 14.7. The maximum atomic E-state index is 11.6. The molecule has 7 heteroatoms. The minimum atomic E-state index is 0.0125. The average Bonchev–Trinajstić information content (AvgIpc) is 3.15. The molecular formula is C19H18N2O4S. The van der Waals surface area contributed by atoms with Gasteiger partial charge in [0.25, 0.3) is 5.22 Å². The minimum absolute atomic E-state index is 0.0125. The molecule has 2 aromatic carbocycles. The highest BCUT2D eigenvalue weighted by atomic mass is 32.2. The lowest BCUT2D eigenvalue weighted by molar-refractivity contribution is 0.101. The van der Waals surface area contributed by atoms with Gasteiger partial charge in [-0.2, -0.15) is 0 Å². The number of carbonyl (C=O) groups excluding carboxylic acids is 1. The highest BCUT2D eigenvalue weighted by Crippen LogP contribution is 2.30. The molecule has 0 saturated carbocycles. The summed E-state index contributed by atoms with van der Waals surface area (Å²) >= 11 is 1.39. The van der Waals surface area contributed by atoms with Gasteiger partial charge in [-0.05, 0) is 49.4 Å². The highest BCUT2D eigenvalue weighted by Gasteiger charge is 2.12. The predicted octanol–water partition coefficient (Wildman–Crippen LogP) is 4.25. The Morgan fingerprint density at radius 2 is 1.85 bits per heavy atom. The third-order valence-electron chi connectivity index (χ3n) is 3.78. The van der Waals surface area contributed by atoms with E-state index >= 15 is 0 Å². The van der Waals surface area contributed by atoms with Crippen molar-refractivity contribution in [2.75, 3.05) is 14.2 Å². The first-order valence-corrected chi connectivity index (χ1v) is 8.88. The summed E-state index contributed by atoms with van der Waals surface area (Å²) in [5.74, 6) is 2.49. The molecule has 0 unspecified atom stereocenters. The van der Waals surface area contributed by atoms with Crippen LogP contribution in [0.15, 0.2) is 52.1 Å². The second kappa shape index (κ2) is 8.05. The SMILES string of the molecule is COc1ccc(-c2nnc(SCc3cc(C(C)=O)ccc3OC)o2)cc1. The fraction of sp³-hybridized carbons (Fsp3) is 0.211. The van der Waals surface area contributed by atoms with Gasteiger partial charge in [0.15, 0.2) is 5.78 Å². The minimum Gasteiger partial charge on any atom is -0.497 e. The van der Waals surface area contributed by atoms with Crippen molar-refractivity contribution in [1.29, 1.82) is 0 Å². The van der Waals surface area contributed by atoms with Crippen LogP contribution >= 0.6 is 11.8 Å². The van der Waals surface area contributed by atoms with E-state index in [9.17, 15) is 4.79 Å². The number of aromatic nitrogens is 2. The van der Waals surface area contributed by atoms with Gasteiger partial charge in [-0.1, -0.05) is 11.8 Å². The van der Waals surface area contributed by atoms with Crippen LogP contribution in [0.25, 0.3) is 11.5 Å². The molecule has 0 N–H and O–H groups in total. The van der Waals surface area contributed by atoms with Crippen LogP contribution in [-0.2, 0) is 5.75 Å². The standard InChI is InChI=1S/C19H18N2O4S/c1-12(22)14-6-9-17(24-3)15(10-14)11-26-19-21-20-18(25-19)13-4-7-16(23-2)8-5-13/h4-10H,11H2,1-3H3. The molecule has 0 atom stereocenters. The van der Waals surface area contributed by atoms with Gasteiger partial charge in [-0.15, -0.1) is 10.2 Å². The van der Waals surface area contributed by atoms with E-state index < -0.39 is 0 Å². The largest absolute Gasteiger partial charge is 0.497 e. The molecule has 0 aliphatic heterocycles. The zero-order valence-corrected chi connectivity index (χ0v) is 15.5. The average molecular weight is 370 g/mol. The van der Waals surface area contributed by atoms with Crippen LogP contribution < -0.4 is 9.47 Å². The summed E-state index contributed by atoms with van der Waals surface area (Å²) in [5, 5.41) is 8.60. The van der Waals surface area contributed by atoms with Gasteiger partial charge in [0, 0.05) is 22.4 Å². The van der Waals surface area contributed by atoms with Crippen molar-refractivity contribution in [3.05, 3.63) is 53.6 Å². The van der Waals surface area contributed by atoms with Crippen molar-refractivity contribution in [3.63, 3.8) is 0 Å². The Bertz CT molecular complexity index is 906. The number of rotatable bonds is 7. The smallest absolute Gasteiger partial charge is 0.277 e. The summed E-state index contributed by atoms with van der Waals surface area (Å²) in [7, 11) is 3.22. The lowest BCUT2D eigenvalue weighted by Gasteiger charge is -2.08. The van der Waals surface area contributed by atoms with E-state index in [4.69, 9.17) is 13.9 Å². The molecule has 1 heterocycles. The maximum absolute atomic E-state index is 11.6. The second-order valence-electron chi connectivity index (χ2n) is 5.47. The molecule has 0 amide bonds. The van der Waals surface area contributed by atoms with E-state index in [-0.39, 0.29) is 5.78 Å². The van der Waals surface area contributed by atoms with Crippen LogP contribution in [0.3, 0.4) is 0 Å². The molecule has 1 aromatic heterocycles. The van der Waals surface area contributed by atoms with Crippen LogP contribution in [0.4, 0.5) is 0 Å². The molecule has 0 fully saturated rings. The number of nitrogens with zero attached hydrogens (tertiary/aromatic N) is 2. The third-order valence-corrected chi connectivity index (χ3v) is 4.65. The first-order valence-electron chi connectivity index (χ1n) is 7.89. The van der Waals surface area contributed by atoms with Crippen molar-refractivity contribution >= 4 is 17.5 Å². The van der Waals surface area contributed by atoms with Crippen molar-refractivity contribution in [2.45, 2.75) is 17.9 Å². The lowest BCUT2D eigenvalue weighted by Crippen LogP contribution is -1.96. The zero-order chi connectivity index (χ0) is 18.5. The Morgan fingerprint density at radius 1 is 1.08 bits per heavy atom. The number of ether oxygens (including phenoxy) is 2. The van der Waals surface area contributed by atoms with Crippen LogP contribution in [0, 0.1) is 0 Å². The Hall–Kier alpha value is -2.80. The summed E-state index contributed by atoms with van der Waals surface area (Å²) < 4.78 is 16.2. The third kappa shape index (κ3) is 4.05. The first kappa shape index (κ1) is 18.0. The monoisotopic (exact) mass is 370 g/mol. The van der Waals surface area contributed by atoms with Gasteiger partial charge in [-0.3, -0.25) is 4.79 Å². The van der Waals surface area contributed by atoms with E-state index in [0.29, 0.717) is 22.4 Å². The molecule has 6 nitrogen and oxygen atoms in total. The normalized spacial score (nSPS) is 10.6. The molecule has 26 heavy (non-hydrogen) atoms. The molecule has 0 aliphatic carbocycles. The highest BCUT2D eigenvalue weighted by molar-refractivity contribution is 7.98. The molecule has 0 spiro atoms. The summed E-state index contributed by atoms with van der Waals surface area (Å²) in [6.45, 7) is 1.54. The molecule has 0 aliphatic rings. The Morgan fingerprint density at radius 3 is 2.50 bits per heavy atom. The first-order chi connectivity index (χ1) is 12.6. The van der Waals surface area contributed by atoms with Crippen LogP contribution in [-0.4, -0.2) is 30.2 Å². The van der Waals surface area contributed by atoms with Gasteiger partial charge in [0.1, 0.15) is 11.5 Å². The summed E-state index contributed by atoms with van der Waals surface area (Å²) in [4.78, 5) is 11.6. The quantitative estimate of drug-likeness (QED) is 0.455. The number of carbonyl (C=O) groups is 1. The summed E-state index contributed by atoms with van der Waals surface area (Å²) in [5.41, 5.74) is 2.36. The Labute approximate surface area is 155 Å². The van der Waals surface area contributed by atoms with E-state index in [1.54, 1.807) is 26.4 Å². The molecular weight excluding hydrogens is 352 g/mol. The fourth-order valence-corrected chi connectivity index (χ4v) is 3.11. The molecule has 134 valence electrons. The van der Waals surface area contributed by atoms with Gasteiger partial charge in [-0.25, -0.2) is 0 Å². The maximum Gasteiger partial charge on any atom is 0.277 e. The topological polar surface area (TPSA) is 74.5 Å². The van der Waals surface area contributed by atoms with E-state index in [1.807, 2.05) is 30.3 Å². The van der Waals surface area contributed by atoms with Crippen LogP contribution in [0.2, 0.25) is 0 Å². The Kier molecular flexibility index (Phi) is 5.58. The fourth-order valence-electron chi connectivity index (χ4n) is 2.37. The van der Waals surface area contributed by atoms with E-state index in [0.717, 1.165) is 22.6 Å². The summed E-state index contributed by atoms with van der Waals surface area (Å²) in [6.07, 6.45) is 0. The molecule has 0 bridgehead atoms. The lowest BCUT2D eigenvalue weighted by atomic mass is 10.1. The Balaban J connectivity index is 1.73. The van der Waals surface area contributed by atoms with Crippen molar-refractivity contribution in [2.24, 2.45) is 0 Å². The van der Waals surface area contributed by atoms with Crippen LogP contribution in [0.1, 0.15) is 22.8 Å². The number of thioether (sulfide) groups is 1. The predicted molar refractivity (Wildman–Crippen MR) is 98.8 cm³/mol. The van der Waals surface area contributed by atoms with Crippen molar-refractivity contribution < 1.29 is 18.7 Å². The van der Waals surface area contributed by atoms with Gasteiger partial charge >= 0.3 is 0 Å². The second-order valence-corrected chi connectivity index (χ2v) is 6.40. The van der Waals surface area contributed by atoms with Gasteiger partial charge in [0.05, 0.1) is 14.2 Å². The number of Topliss-reactive ketones (excluding diaryl/α,β-unsaturated/α-hetero) is 1. The van der Waals surface area contributed by atoms with Gasteiger partial charge in [0.2, 0.25) is 5.89 Å². The van der Waals surface area contributed by atoms with Gasteiger partial charge < -0.3 is 13.9 Å². The number of hydrogen-bond acceptors (Lipinski definition) is 7. The number of benzene rings is 2. The van der Waals surface area contributed by atoms with E-state index in [1.165, 1.54) is 18.7 Å². The number of methoxy groups -OCH3 is 2. The molecule has 0 saturated heterocycles. The number of ketones is 1. The molecule has 0 radical (unpaired) electrons. The van der Waals surface area contributed by atoms with Crippen LogP contribution in [0.5, 0.6) is 11.5 Å². The van der Waals surface area contributed by atoms with Crippen molar-refractivity contribution in [3.8, 4) is 23.0 Å². The summed E-state index contributed by atoms with van der Waals surface area (Å²) in [6, 6.07) is 12.8. The van der Waals surface area contributed by atoms with Crippen molar-refractivity contribution in [1.82, 2.24) is 10.2 Å².